The lowest BCUT2D eigenvalue weighted by atomic mass is 10.2. The Balaban J connectivity index is 2.00. The van der Waals surface area contributed by atoms with Gasteiger partial charge >= 0.3 is 0 Å². The van der Waals surface area contributed by atoms with Gasteiger partial charge in [-0.1, -0.05) is 23.5 Å². The van der Waals surface area contributed by atoms with Crippen LogP contribution in [0.25, 0.3) is 11.3 Å². The van der Waals surface area contributed by atoms with E-state index >= 15 is 0 Å². The number of aromatic nitrogens is 2. The smallest absolute Gasteiger partial charge is 0.296 e. The zero-order chi connectivity index (χ0) is 17.2. The molecule has 0 atom stereocenters. The van der Waals surface area contributed by atoms with Crippen LogP contribution in [0.4, 0.5) is 10.8 Å². The number of pyridine rings is 1. The van der Waals surface area contributed by atoms with Crippen LogP contribution in [-0.4, -0.2) is 28.0 Å². The van der Waals surface area contributed by atoms with E-state index in [1.165, 1.54) is 29.5 Å². The second-order valence-electron chi connectivity index (χ2n) is 4.78. The van der Waals surface area contributed by atoms with E-state index < -0.39 is 10.1 Å². The van der Waals surface area contributed by atoms with E-state index in [1.54, 1.807) is 30.6 Å². The number of anilines is 2. The third-order valence-corrected chi connectivity index (χ3v) is 5.07. The van der Waals surface area contributed by atoms with E-state index in [1.807, 2.05) is 0 Å². The fourth-order valence-electron chi connectivity index (χ4n) is 2.16. The molecule has 0 spiro atoms. The second kappa shape index (κ2) is 6.65. The monoisotopic (exact) mass is 363 g/mol. The van der Waals surface area contributed by atoms with Gasteiger partial charge in [0.25, 0.3) is 10.1 Å². The lowest BCUT2D eigenvalue weighted by Gasteiger charge is -2.07. The summed E-state index contributed by atoms with van der Waals surface area (Å²) in [6.07, 6.45) is 3.24. The molecule has 7 nitrogen and oxygen atoms in total. The summed E-state index contributed by atoms with van der Waals surface area (Å²) >= 11 is 1.20. The van der Waals surface area contributed by atoms with Gasteiger partial charge in [0.05, 0.1) is 22.9 Å². The summed E-state index contributed by atoms with van der Waals surface area (Å²) in [4.78, 5) is 8.75. The Morgan fingerprint density at radius 3 is 2.50 bits per heavy atom. The van der Waals surface area contributed by atoms with Crippen molar-refractivity contribution in [2.75, 3.05) is 5.32 Å². The quantitative estimate of drug-likeness (QED) is 0.597. The maximum Gasteiger partial charge on any atom is 0.296 e. The number of nitrogens with zero attached hydrogens (tertiary/aromatic N) is 2. The van der Waals surface area contributed by atoms with E-state index in [0.29, 0.717) is 15.7 Å². The van der Waals surface area contributed by atoms with Crippen LogP contribution >= 0.6 is 11.3 Å². The van der Waals surface area contributed by atoms with Crippen molar-refractivity contribution < 1.29 is 18.1 Å². The van der Waals surface area contributed by atoms with E-state index in [4.69, 9.17) is 0 Å². The van der Waals surface area contributed by atoms with Gasteiger partial charge in [-0.2, -0.15) is 8.42 Å². The minimum Gasteiger partial charge on any atom is -0.391 e. The van der Waals surface area contributed by atoms with Crippen LogP contribution in [-0.2, 0) is 16.7 Å². The van der Waals surface area contributed by atoms with Crippen molar-refractivity contribution in [1.82, 2.24) is 9.97 Å². The lowest BCUT2D eigenvalue weighted by Crippen LogP contribution is -2.02. The zero-order valence-corrected chi connectivity index (χ0v) is 13.9. The molecule has 0 amide bonds. The Morgan fingerprint density at radius 2 is 1.83 bits per heavy atom. The van der Waals surface area contributed by atoms with Crippen LogP contribution in [0, 0.1) is 0 Å². The summed E-state index contributed by atoms with van der Waals surface area (Å²) in [5, 5.41) is 12.8. The molecular weight excluding hydrogens is 350 g/mol. The Hall–Kier alpha value is -2.33. The first kappa shape index (κ1) is 16.5. The molecular formula is C15H13N3O4S2. The average molecular weight is 363 g/mol. The van der Waals surface area contributed by atoms with E-state index in [-0.39, 0.29) is 17.2 Å². The molecule has 0 aliphatic rings. The highest BCUT2D eigenvalue weighted by Crippen LogP contribution is 2.33. The number of rotatable bonds is 5. The van der Waals surface area contributed by atoms with Gasteiger partial charge in [0.2, 0.25) is 0 Å². The van der Waals surface area contributed by atoms with Crippen molar-refractivity contribution in [3.8, 4) is 11.3 Å². The molecule has 2 heterocycles. The van der Waals surface area contributed by atoms with Crippen molar-refractivity contribution in [2.24, 2.45) is 0 Å². The van der Waals surface area contributed by atoms with Crippen molar-refractivity contribution in [3.05, 3.63) is 53.7 Å². The molecule has 124 valence electrons. The van der Waals surface area contributed by atoms with Crippen molar-refractivity contribution in [3.63, 3.8) is 0 Å². The van der Waals surface area contributed by atoms with Crippen LogP contribution in [0.2, 0.25) is 0 Å². The maximum atomic E-state index is 11.4. The summed E-state index contributed by atoms with van der Waals surface area (Å²) in [6.45, 7) is -0.197. The molecule has 0 saturated carbocycles. The summed E-state index contributed by atoms with van der Waals surface area (Å²) in [6, 6.07) is 9.50. The second-order valence-corrected chi connectivity index (χ2v) is 7.25. The molecule has 9 heteroatoms. The predicted molar refractivity (Wildman–Crippen MR) is 90.8 cm³/mol. The zero-order valence-electron chi connectivity index (χ0n) is 12.2. The number of thiazole rings is 1. The Bertz CT molecular complexity index is 956. The minimum atomic E-state index is -4.36. The topological polar surface area (TPSA) is 112 Å². The van der Waals surface area contributed by atoms with Gasteiger partial charge in [-0.25, -0.2) is 4.98 Å². The lowest BCUT2D eigenvalue weighted by molar-refractivity contribution is 0.286. The molecule has 0 aliphatic carbocycles. The molecule has 2 aromatic heterocycles. The van der Waals surface area contributed by atoms with Gasteiger partial charge < -0.3 is 10.4 Å². The first-order valence-corrected chi connectivity index (χ1v) is 9.09. The van der Waals surface area contributed by atoms with E-state index in [0.717, 1.165) is 5.56 Å². The minimum absolute atomic E-state index is 0.197. The van der Waals surface area contributed by atoms with Crippen LogP contribution in [0.15, 0.2) is 53.7 Å². The number of hydrogen-bond acceptors (Lipinski definition) is 7. The highest BCUT2D eigenvalue weighted by Gasteiger charge is 2.17. The number of aliphatic hydroxyl groups excluding tert-OH is 1. The maximum absolute atomic E-state index is 11.4. The van der Waals surface area contributed by atoms with Crippen molar-refractivity contribution in [1.29, 1.82) is 0 Å². The van der Waals surface area contributed by atoms with Gasteiger partial charge in [0.15, 0.2) is 5.13 Å². The number of aliphatic hydroxyl groups is 1. The molecule has 0 aliphatic heterocycles. The highest BCUT2D eigenvalue weighted by molar-refractivity contribution is 7.86. The Morgan fingerprint density at radius 1 is 1.12 bits per heavy atom. The molecule has 3 rings (SSSR count). The van der Waals surface area contributed by atoms with Gasteiger partial charge in [0.1, 0.15) is 4.90 Å². The average Bonchev–Trinajstić information content (AvgIpc) is 2.98. The van der Waals surface area contributed by atoms with Crippen molar-refractivity contribution in [2.45, 2.75) is 11.5 Å². The third kappa shape index (κ3) is 3.44. The summed E-state index contributed by atoms with van der Waals surface area (Å²) in [5.74, 6) is 0. The molecule has 0 saturated heterocycles. The molecule has 3 N–H and O–H groups in total. The highest BCUT2D eigenvalue weighted by atomic mass is 32.2. The van der Waals surface area contributed by atoms with Gasteiger partial charge in [-0.05, 0) is 24.3 Å². The number of benzene rings is 1. The molecule has 0 bridgehead atoms. The summed E-state index contributed by atoms with van der Waals surface area (Å²) < 4.78 is 32.2. The van der Waals surface area contributed by atoms with Crippen LogP contribution in [0.3, 0.4) is 0 Å². The van der Waals surface area contributed by atoms with Gasteiger partial charge in [0, 0.05) is 18.0 Å². The predicted octanol–water partition coefficient (Wildman–Crippen LogP) is 2.69. The van der Waals surface area contributed by atoms with Crippen LogP contribution in [0.5, 0.6) is 0 Å². The number of para-hydroxylation sites is 1. The molecule has 1 aromatic carbocycles. The summed E-state index contributed by atoms with van der Waals surface area (Å²) in [5.41, 5.74) is 1.60. The number of nitrogens with one attached hydrogen (secondary N) is 1. The molecule has 3 aromatic rings. The molecule has 24 heavy (non-hydrogen) atoms. The van der Waals surface area contributed by atoms with Gasteiger partial charge in [-0.3, -0.25) is 9.54 Å². The van der Waals surface area contributed by atoms with E-state index in [9.17, 15) is 18.1 Å². The van der Waals surface area contributed by atoms with Crippen LogP contribution in [0.1, 0.15) is 4.88 Å². The fraction of sp³-hybridized carbons (Fsp3) is 0.0667. The Kier molecular flexibility index (Phi) is 4.58. The fourth-order valence-corrected chi connectivity index (χ4v) is 3.66. The van der Waals surface area contributed by atoms with Gasteiger partial charge in [-0.15, -0.1) is 0 Å². The third-order valence-electron chi connectivity index (χ3n) is 3.20. The Labute approximate surface area is 142 Å². The molecule has 0 fully saturated rings. The molecule has 0 radical (unpaired) electrons. The normalized spacial score (nSPS) is 11.4. The SMILES string of the molecule is O=S(=O)(O)c1ccccc1Nc1nc(-c2ccncc2)c(CO)s1. The molecule has 0 unspecified atom stereocenters. The van der Waals surface area contributed by atoms with Crippen LogP contribution < -0.4 is 5.32 Å². The summed E-state index contributed by atoms with van der Waals surface area (Å²) in [7, 11) is -4.36. The standard InChI is InChI=1S/C15H13N3O4S2/c19-9-12-14(10-5-7-16-8-6-10)18-15(23-12)17-11-3-1-2-4-13(11)24(20,21)22/h1-8,19H,9H2,(H,17,18)(H,20,21,22). The first-order chi connectivity index (χ1) is 11.5. The largest absolute Gasteiger partial charge is 0.391 e. The number of hydrogen-bond donors (Lipinski definition) is 3. The van der Waals surface area contributed by atoms with Crippen molar-refractivity contribution >= 4 is 32.3 Å². The van der Waals surface area contributed by atoms with E-state index in [2.05, 4.69) is 15.3 Å². The first-order valence-electron chi connectivity index (χ1n) is 6.83.